The van der Waals surface area contributed by atoms with Gasteiger partial charge in [0.15, 0.2) is 0 Å². The van der Waals surface area contributed by atoms with Crippen molar-refractivity contribution < 1.29 is 14.3 Å². The number of rotatable bonds is 0. The second kappa shape index (κ2) is 6.51. The molecule has 94 valence electrons. The van der Waals surface area contributed by atoms with Gasteiger partial charge in [-0.3, -0.25) is 0 Å². The van der Waals surface area contributed by atoms with Crippen LogP contribution < -0.4 is 0 Å². The van der Waals surface area contributed by atoms with Crippen LogP contribution in [-0.2, 0) is 9.53 Å². The zero-order chi connectivity index (χ0) is 12.8. The molecule has 1 atom stereocenters. The van der Waals surface area contributed by atoms with Crippen molar-refractivity contribution >= 4 is 12.4 Å². The molecule has 1 heterocycles. The van der Waals surface area contributed by atoms with Gasteiger partial charge in [0, 0.05) is 12.6 Å². The van der Waals surface area contributed by atoms with E-state index < -0.39 is 0 Å². The van der Waals surface area contributed by atoms with Gasteiger partial charge in [-0.25, -0.2) is 4.79 Å². The summed E-state index contributed by atoms with van der Waals surface area (Å²) in [5.41, 5.74) is -0.376. The Morgan fingerprint density at radius 3 is 2.25 bits per heavy atom. The lowest BCUT2D eigenvalue weighted by Crippen LogP contribution is -2.38. The van der Waals surface area contributed by atoms with E-state index in [0.717, 1.165) is 25.7 Å². The van der Waals surface area contributed by atoms with Gasteiger partial charge >= 0.3 is 6.09 Å². The summed E-state index contributed by atoms with van der Waals surface area (Å²) in [6, 6.07) is 0.342. The zero-order valence-electron chi connectivity index (χ0n) is 10.9. The van der Waals surface area contributed by atoms with Crippen LogP contribution in [-0.4, -0.2) is 35.5 Å². The first kappa shape index (κ1) is 14.9. The van der Waals surface area contributed by atoms with Crippen LogP contribution in [0.25, 0.3) is 0 Å². The lowest BCUT2D eigenvalue weighted by atomic mass is 10.2. The minimum absolute atomic E-state index is 0.169. The lowest BCUT2D eigenvalue weighted by molar-refractivity contribution is -0.106. The molecule has 1 saturated heterocycles. The second-order valence-corrected chi connectivity index (χ2v) is 4.90. The van der Waals surface area contributed by atoms with E-state index in [-0.39, 0.29) is 11.7 Å². The van der Waals surface area contributed by atoms with Crippen LogP contribution >= 0.6 is 0 Å². The fourth-order valence-corrected chi connectivity index (χ4v) is 1.53. The van der Waals surface area contributed by atoms with E-state index in [9.17, 15) is 4.79 Å². The molecule has 0 spiro atoms. The average Bonchev–Trinajstić information content (AvgIpc) is 2.49. The molecule has 4 heteroatoms. The Morgan fingerprint density at radius 1 is 1.44 bits per heavy atom. The van der Waals surface area contributed by atoms with Crippen LogP contribution in [0.5, 0.6) is 0 Å². The van der Waals surface area contributed by atoms with Crippen LogP contribution in [0.3, 0.4) is 0 Å². The molecule has 4 nitrogen and oxygen atoms in total. The third-order valence-corrected chi connectivity index (χ3v) is 2.18. The normalized spacial score (nSPS) is 19.8. The number of amides is 1. The number of hydrogen-bond acceptors (Lipinski definition) is 3. The second-order valence-electron chi connectivity index (χ2n) is 4.90. The SMILES string of the molecule is CC1CCCN1C(=O)OC(C)(C)C.CC=O. The lowest BCUT2D eigenvalue weighted by Gasteiger charge is -2.26. The molecular formula is C12H23NO3. The first-order valence-corrected chi connectivity index (χ1v) is 5.71. The minimum Gasteiger partial charge on any atom is -0.444 e. The zero-order valence-corrected chi connectivity index (χ0v) is 10.9. The number of ether oxygens (including phenoxy) is 1. The Bertz CT molecular complexity index is 233. The predicted octanol–water partition coefficient (Wildman–Crippen LogP) is 2.61. The van der Waals surface area contributed by atoms with Gasteiger partial charge in [0.1, 0.15) is 11.9 Å². The molecule has 1 unspecified atom stereocenters. The Kier molecular flexibility index (Phi) is 6.08. The maximum atomic E-state index is 11.6. The van der Waals surface area contributed by atoms with Crippen molar-refractivity contribution in [2.24, 2.45) is 0 Å². The Balaban J connectivity index is 0.000000673. The first-order chi connectivity index (χ1) is 7.31. The van der Waals surface area contributed by atoms with E-state index >= 15 is 0 Å². The summed E-state index contributed by atoms with van der Waals surface area (Å²) in [6.45, 7) is 10.0. The van der Waals surface area contributed by atoms with Crippen molar-refractivity contribution in [3.63, 3.8) is 0 Å². The van der Waals surface area contributed by atoms with Gasteiger partial charge in [0.05, 0.1) is 0 Å². The summed E-state index contributed by atoms with van der Waals surface area (Å²) in [5.74, 6) is 0. The standard InChI is InChI=1S/C10H19NO2.C2H4O/c1-8-6-5-7-11(8)9(12)13-10(2,3)4;1-2-3/h8H,5-7H2,1-4H3;2H,1H3. The Hall–Kier alpha value is -1.06. The van der Waals surface area contributed by atoms with E-state index in [0.29, 0.717) is 6.04 Å². The van der Waals surface area contributed by atoms with Crippen molar-refractivity contribution in [2.75, 3.05) is 6.54 Å². The van der Waals surface area contributed by atoms with Gasteiger partial charge in [-0.05, 0) is 47.5 Å². The molecule has 0 bridgehead atoms. The molecule has 1 amide bonds. The fourth-order valence-electron chi connectivity index (χ4n) is 1.53. The number of nitrogens with zero attached hydrogens (tertiary/aromatic N) is 1. The topological polar surface area (TPSA) is 46.6 Å². The van der Waals surface area contributed by atoms with E-state index in [1.54, 1.807) is 0 Å². The van der Waals surface area contributed by atoms with Crippen LogP contribution in [0.2, 0.25) is 0 Å². The number of carbonyl (C=O) groups is 2. The predicted molar refractivity (Wildman–Crippen MR) is 63.4 cm³/mol. The van der Waals surface area contributed by atoms with Crippen LogP contribution in [0.1, 0.15) is 47.5 Å². The first-order valence-electron chi connectivity index (χ1n) is 5.71. The monoisotopic (exact) mass is 229 g/mol. The molecule has 1 fully saturated rings. The summed E-state index contributed by atoms with van der Waals surface area (Å²) >= 11 is 0. The van der Waals surface area contributed by atoms with Crippen LogP contribution in [0, 0.1) is 0 Å². The maximum Gasteiger partial charge on any atom is 0.410 e. The van der Waals surface area contributed by atoms with Gasteiger partial charge in [-0.2, -0.15) is 0 Å². The molecular weight excluding hydrogens is 206 g/mol. The molecule has 0 aromatic carbocycles. The highest BCUT2D eigenvalue weighted by Crippen LogP contribution is 2.19. The Morgan fingerprint density at radius 2 is 1.94 bits per heavy atom. The van der Waals surface area contributed by atoms with Crippen molar-refractivity contribution in [1.82, 2.24) is 4.90 Å². The number of carbonyl (C=O) groups excluding carboxylic acids is 2. The Labute approximate surface area is 98.0 Å². The molecule has 0 N–H and O–H groups in total. The minimum atomic E-state index is -0.376. The molecule has 16 heavy (non-hydrogen) atoms. The quantitative estimate of drug-likeness (QED) is 0.600. The van der Waals surface area contributed by atoms with Crippen molar-refractivity contribution in [1.29, 1.82) is 0 Å². The van der Waals surface area contributed by atoms with Crippen LogP contribution in [0.4, 0.5) is 4.79 Å². The van der Waals surface area contributed by atoms with Crippen LogP contribution in [0.15, 0.2) is 0 Å². The van der Waals surface area contributed by atoms with Crippen molar-refractivity contribution in [3.8, 4) is 0 Å². The van der Waals surface area contributed by atoms with E-state index in [4.69, 9.17) is 9.53 Å². The smallest absolute Gasteiger partial charge is 0.410 e. The van der Waals surface area contributed by atoms with E-state index in [2.05, 4.69) is 6.92 Å². The molecule has 0 aromatic heterocycles. The summed E-state index contributed by atoms with van der Waals surface area (Å²) < 4.78 is 5.28. The van der Waals surface area contributed by atoms with Crippen molar-refractivity contribution in [3.05, 3.63) is 0 Å². The molecule has 0 aromatic rings. The van der Waals surface area contributed by atoms with Gasteiger partial charge < -0.3 is 14.4 Å². The molecule has 1 rings (SSSR count). The van der Waals surface area contributed by atoms with Gasteiger partial charge in [-0.15, -0.1) is 0 Å². The third-order valence-electron chi connectivity index (χ3n) is 2.18. The number of aldehydes is 1. The summed E-state index contributed by atoms with van der Waals surface area (Å²) in [5, 5.41) is 0. The van der Waals surface area contributed by atoms with Crippen molar-refractivity contribution in [2.45, 2.75) is 59.1 Å². The highest BCUT2D eigenvalue weighted by atomic mass is 16.6. The maximum absolute atomic E-state index is 11.6. The number of hydrogen-bond donors (Lipinski definition) is 0. The van der Waals surface area contributed by atoms with Gasteiger partial charge in [0.2, 0.25) is 0 Å². The fraction of sp³-hybridized carbons (Fsp3) is 0.833. The molecule has 0 saturated carbocycles. The highest BCUT2D eigenvalue weighted by molar-refractivity contribution is 5.68. The third kappa shape index (κ3) is 5.73. The molecule has 1 aliphatic rings. The largest absolute Gasteiger partial charge is 0.444 e. The van der Waals surface area contributed by atoms with Gasteiger partial charge in [-0.1, -0.05) is 0 Å². The number of likely N-dealkylation sites (tertiary alicyclic amines) is 1. The molecule has 1 aliphatic heterocycles. The van der Waals surface area contributed by atoms with Gasteiger partial charge in [0.25, 0.3) is 0 Å². The molecule has 0 radical (unpaired) electrons. The highest BCUT2D eigenvalue weighted by Gasteiger charge is 2.28. The summed E-state index contributed by atoms with van der Waals surface area (Å²) in [7, 11) is 0. The van der Waals surface area contributed by atoms with E-state index in [1.165, 1.54) is 6.92 Å². The van der Waals surface area contributed by atoms with E-state index in [1.807, 2.05) is 25.7 Å². The molecule has 0 aliphatic carbocycles. The summed E-state index contributed by atoms with van der Waals surface area (Å²) in [6.07, 6.45) is 2.78. The average molecular weight is 229 g/mol. The summed E-state index contributed by atoms with van der Waals surface area (Å²) in [4.78, 5) is 22.2.